The molecule has 0 aliphatic carbocycles. The fourth-order valence-electron chi connectivity index (χ4n) is 3.16. The number of aryl methyl sites for hydroxylation is 1. The van der Waals surface area contributed by atoms with Crippen molar-refractivity contribution in [3.05, 3.63) is 10.6 Å². The quantitative estimate of drug-likeness (QED) is 0.801. The number of aromatic nitrogens is 2. The highest BCUT2D eigenvalue weighted by molar-refractivity contribution is 7.08. The highest BCUT2D eigenvalue weighted by atomic mass is 32.1. The molecule has 0 aromatic carbocycles. The van der Waals surface area contributed by atoms with Gasteiger partial charge in [-0.15, -0.1) is 5.10 Å². The second kappa shape index (κ2) is 5.87. The lowest BCUT2D eigenvalue weighted by molar-refractivity contribution is -0.142. The molecular weight excluding hydrogens is 276 g/mol. The van der Waals surface area contributed by atoms with Crippen molar-refractivity contribution >= 4 is 17.3 Å². The molecule has 1 unspecified atom stereocenters. The van der Waals surface area contributed by atoms with Crippen molar-refractivity contribution in [1.82, 2.24) is 9.59 Å². The zero-order chi connectivity index (χ0) is 14.0. The number of ketones is 1. The Labute approximate surface area is 122 Å². The zero-order valence-corrected chi connectivity index (χ0v) is 12.6. The van der Waals surface area contributed by atoms with Crippen LogP contribution in [0.25, 0.3) is 0 Å². The summed E-state index contributed by atoms with van der Waals surface area (Å²) in [5.74, 6) is 0.264. The number of hydrogen-bond acceptors (Lipinski definition) is 6. The number of nitrogens with zero attached hydrogens (tertiary/aromatic N) is 2. The van der Waals surface area contributed by atoms with E-state index in [1.807, 2.05) is 6.92 Å². The molecule has 5 nitrogen and oxygen atoms in total. The molecular formula is C14H20N2O3S. The first-order valence-corrected chi connectivity index (χ1v) is 8.08. The van der Waals surface area contributed by atoms with E-state index in [1.165, 1.54) is 11.5 Å². The Morgan fingerprint density at radius 2 is 2.20 bits per heavy atom. The van der Waals surface area contributed by atoms with E-state index < -0.39 is 0 Å². The van der Waals surface area contributed by atoms with Crippen molar-refractivity contribution in [3.63, 3.8) is 0 Å². The van der Waals surface area contributed by atoms with Gasteiger partial charge in [-0.25, -0.2) is 0 Å². The molecule has 3 heterocycles. The van der Waals surface area contributed by atoms with Crippen molar-refractivity contribution in [2.75, 3.05) is 19.8 Å². The lowest BCUT2D eigenvalue weighted by Crippen LogP contribution is -2.45. The SMILES string of the molecule is CCc1nnsc1C(=O)C1CCOC2(CCOCC2)C1. The minimum Gasteiger partial charge on any atom is -0.381 e. The second-order valence-electron chi connectivity index (χ2n) is 5.60. The molecule has 1 spiro atoms. The molecule has 0 N–H and O–H groups in total. The summed E-state index contributed by atoms with van der Waals surface area (Å²) in [5.41, 5.74) is 0.703. The summed E-state index contributed by atoms with van der Waals surface area (Å²) in [4.78, 5) is 13.5. The van der Waals surface area contributed by atoms with Gasteiger partial charge in [0.15, 0.2) is 5.78 Å². The Kier molecular flexibility index (Phi) is 4.14. The average Bonchev–Trinajstić information content (AvgIpc) is 2.96. The Morgan fingerprint density at radius 1 is 1.40 bits per heavy atom. The Bertz CT molecular complexity index is 477. The molecule has 2 aliphatic heterocycles. The van der Waals surface area contributed by atoms with Crippen molar-refractivity contribution in [2.24, 2.45) is 5.92 Å². The molecule has 1 atom stereocenters. The largest absolute Gasteiger partial charge is 0.381 e. The fraction of sp³-hybridized carbons (Fsp3) is 0.786. The fourth-order valence-corrected chi connectivity index (χ4v) is 3.92. The van der Waals surface area contributed by atoms with Gasteiger partial charge in [-0.1, -0.05) is 11.4 Å². The van der Waals surface area contributed by atoms with Gasteiger partial charge in [-0.05, 0) is 43.6 Å². The monoisotopic (exact) mass is 296 g/mol. The van der Waals surface area contributed by atoms with E-state index >= 15 is 0 Å². The van der Waals surface area contributed by atoms with Gasteiger partial charge in [0, 0.05) is 25.7 Å². The van der Waals surface area contributed by atoms with Crippen LogP contribution < -0.4 is 0 Å². The Morgan fingerprint density at radius 3 is 2.95 bits per heavy atom. The molecule has 2 fully saturated rings. The molecule has 1 aromatic rings. The number of Topliss-reactive ketones (excluding diaryl/α,β-unsaturated/α-hetero) is 1. The molecule has 2 saturated heterocycles. The van der Waals surface area contributed by atoms with Gasteiger partial charge >= 0.3 is 0 Å². The van der Waals surface area contributed by atoms with Crippen molar-refractivity contribution < 1.29 is 14.3 Å². The van der Waals surface area contributed by atoms with Crippen LogP contribution in [0.3, 0.4) is 0 Å². The van der Waals surface area contributed by atoms with E-state index in [4.69, 9.17) is 9.47 Å². The first-order chi connectivity index (χ1) is 9.74. The van der Waals surface area contributed by atoms with Crippen molar-refractivity contribution in [3.8, 4) is 0 Å². The Balaban J connectivity index is 1.75. The van der Waals surface area contributed by atoms with Crippen LogP contribution in [0.2, 0.25) is 0 Å². The van der Waals surface area contributed by atoms with Crippen molar-refractivity contribution in [2.45, 2.75) is 44.6 Å². The first kappa shape index (κ1) is 14.1. The number of rotatable bonds is 3. The first-order valence-electron chi connectivity index (χ1n) is 7.31. The standard InChI is InChI=1S/C14H20N2O3S/c1-2-11-13(20-16-15-11)12(17)10-3-6-19-14(9-10)4-7-18-8-5-14/h10H,2-9H2,1H3. The third-order valence-corrected chi connectivity index (χ3v) is 5.16. The molecule has 0 amide bonds. The van der Waals surface area contributed by atoms with Gasteiger partial charge in [0.05, 0.1) is 11.3 Å². The van der Waals surface area contributed by atoms with Crippen LogP contribution in [0.4, 0.5) is 0 Å². The highest BCUT2D eigenvalue weighted by Gasteiger charge is 2.41. The number of carbonyl (C=O) groups is 1. The normalized spacial score (nSPS) is 25.8. The predicted molar refractivity (Wildman–Crippen MR) is 75.1 cm³/mol. The maximum absolute atomic E-state index is 12.7. The molecule has 3 rings (SSSR count). The van der Waals surface area contributed by atoms with E-state index in [9.17, 15) is 4.79 Å². The van der Waals surface area contributed by atoms with E-state index in [2.05, 4.69) is 9.59 Å². The highest BCUT2D eigenvalue weighted by Crippen LogP contribution is 2.38. The lowest BCUT2D eigenvalue weighted by Gasteiger charge is -2.42. The second-order valence-corrected chi connectivity index (χ2v) is 6.35. The molecule has 0 saturated carbocycles. The number of ether oxygens (including phenoxy) is 2. The molecule has 6 heteroatoms. The van der Waals surface area contributed by atoms with Gasteiger partial charge in [0.2, 0.25) is 0 Å². The predicted octanol–water partition coefficient (Wildman–Crippen LogP) is 2.26. The molecule has 20 heavy (non-hydrogen) atoms. The minimum atomic E-state index is -0.138. The van der Waals surface area contributed by atoms with Crippen LogP contribution in [-0.2, 0) is 15.9 Å². The molecule has 2 aliphatic rings. The zero-order valence-electron chi connectivity index (χ0n) is 11.8. The summed E-state index contributed by atoms with van der Waals surface area (Å²) in [7, 11) is 0. The summed E-state index contributed by atoms with van der Waals surface area (Å²) in [6.07, 6.45) is 4.19. The maximum atomic E-state index is 12.7. The van der Waals surface area contributed by atoms with E-state index in [0.717, 1.165) is 55.9 Å². The van der Waals surface area contributed by atoms with Crippen LogP contribution in [0.1, 0.15) is 48.0 Å². The van der Waals surface area contributed by atoms with Crippen LogP contribution in [0, 0.1) is 5.92 Å². The van der Waals surface area contributed by atoms with Gasteiger partial charge in [0.25, 0.3) is 0 Å². The third kappa shape index (κ3) is 2.64. The van der Waals surface area contributed by atoms with Crippen LogP contribution in [-0.4, -0.2) is 40.8 Å². The van der Waals surface area contributed by atoms with Crippen molar-refractivity contribution in [1.29, 1.82) is 0 Å². The van der Waals surface area contributed by atoms with Gasteiger partial charge in [0.1, 0.15) is 4.88 Å². The number of hydrogen-bond donors (Lipinski definition) is 0. The molecule has 0 bridgehead atoms. The summed E-state index contributed by atoms with van der Waals surface area (Å²) >= 11 is 1.23. The summed E-state index contributed by atoms with van der Waals surface area (Å²) < 4.78 is 15.4. The summed E-state index contributed by atoms with van der Waals surface area (Å²) in [6, 6.07) is 0. The lowest BCUT2D eigenvalue weighted by atomic mass is 9.78. The smallest absolute Gasteiger partial charge is 0.179 e. The van der Waals surface area contributed by atoms with E-state index in [1.54, 1.807) is 0 Å². The van der Waals surface area contributed by atoms with Gasteiger partial charge < -0.3 is 9.47 Å². The van der Waals surface area contributed by atoms with Crippen LogP contribution in [0.15, 0.2) is 0 Å². The topological polar surface area (TPSA) is 61.3 Å². The average molecular weight is 296 g/mol. The summed E-state index contributed by atoms with van der Waals surface area (Å²) in [5, 5.41) is 4.05. The Hall–Kier alpha value is -0.850. The van der Waals surface area contributed by atoms with Crippen LogP contribution >= 0.6 is 11.5 Å². The van der Waals surface area contributed by atoms with E-state index in [0.29, 0.717) is 6.61 Å². The number of carbonyl (C=O) groups excluding carboxylic acids is 1. The molecule has 0 radical (unpaired) electrons. The van der Waals surface area contributed by atoms with Gasteiger partial charge in [-0.2, -0.15) is 0 Å². The molecule has 1 aromatic heterocycles. The van der Waals surface area contributed by atoms with Crippen LogP contribution in [0.5, 0.6) is 0 Å². The summed E-state index contributed by atoms with van der Waals surface area (Å²) in [6.45, 7) is 4.16. The maximum Gasteiger partial charge on any atom is 0.179 e. The molecule has 110 valence electrons. The van der Waals surface area contributed by atoms with Gasteiger partial charge in [-0.3, -0.25) is 4.79 Å². The van der Waals surface area contributed by atoms with E-state index in [-0.39, 0.29) is 17.3 Å². The third-order valence-electron chi connectivity index (χ3n) is 4.38. The minimum absolute atomic E-state index is 0.0504.